The molecule has 2 aliphatic rings. The van der Waals surface area contributed by atoms with Gasteiger partial charge in [-0.05, 0) is 37.8 Å². The van der Waals surface area contributed by atoms with Crippen LogP contribution < -0.4 is 0 Å². The van der Waals surface area contributed by atoms with Gasteiger partial charge in [-0.1, -0.05) is 30.5 Å². The Morgan fingerprint density at radius 2 is 1.83 bits per heavy atom. The zero-order valence-corrected chi connectivity index (χ0v) is 14.0. The lowest BCUT2D eigenvalue weighted by molar-refractivity contribution is -0.131. The van der Waals surface area contributed by atoms with Crippen molar-refractivity contribution in [3.63, 3.8) is 0 Å². The maximum absolute atomic E-state index is 12.6. The summed E-state index contributed by atoms with van der Waals surface area (Å²) >= 11 is 0. The number of carbonyl (C=O) groups is 2. The average molecular weight is 314 g/mol. The molecule has 124 valence electrons. The maximum Gasteiger partial charge on any atom is 0.253 e. The van der Waals surface area contributed by atoms with E-state index in [9.17, 15) is 9.59 Å². The fourth-order valence-electron chi connectivity index (χ4n) is 3.22. The molecule has 4 heteroatoms. The third kappa shape index (κ3) is 4.34. The van der Waals surface area contributed by atoms with Crippen molar-refractivity contribution in [2.45, 2.75) is 39.0 Å². The van der Waals surface area contributed by atoms with Crippen LogP contribution in [-0.4, -0.2) is 47.8 Å². The molecule has 0 unspecified atom stereocenters. The predicted molar refractivity (Wildman–Crippen MR) is 90.2 cm³/mol. The van der Waals surface area contributed by atoms with E-state index in [2.05, 4.69) is 0 Å². The highest BCUT2D eigenvalue weighted by atomic mass is 16.2. The molecule has 3 rings (SSSR count). The molecular weight excluding hydrogens is 288 g/mol. The van der Waals surface area contributed by atoms with E-state index in [-0.39, 0.29) is 11.8 Å². The number of benzene rings is 1. The summed E-state index contributed by atoms with van der Waals surface area (Å²) in [4.78, 5) is 28.8. The molecule has 4 nitrogen and oxygen atoms in total. The van der Waals surface area contributed by atoms with Crippen LogP contribution in [0.4, 0.5) is 0 Å². The highest BCUT2D eigenvalue weighted by molar-refractivity contribution is 5.94. The normalized spacial score (nSPS) is 18.7. The van der Waals surface area contributed by atoms with Gasteiger partial charge in [-0.3, -0.25) is 9.59 Å². The third-order valence-electron chi connectivity index (χ3n) is 4.86. The van der Waals surface area contributed by atoms with Gasteiger partial charge in [-0.25, -0.2) is 0 Å². The minimum Gasteiger partial charge on any atom is -0.341 e. The van der Waals surface area contributed by atoms with Crippen molar-refractivity contribution in [3.05, 3.63) is 35.4 Å². The van der Waals surface area contributed by atoms with Gasteiger partial charge < -0.3 is 9.80 Å². The Bertz CT molecular complexity index is 580. The van der Waals surface area contributed by atoms with E-state index in [0.717, 1.165) is 43.0 Å². The Hall–Kier alpha value is -1.84. The first kappa shape index (κ1) is 16.0. The van der Waals surface area contributed by atoms with Crippen molar-refractivity contribution >= 4 is 11.8 Å². The molecule has 0 atom stereocenters. The van der Waals surface area contributed by atoms with E-state index in [1.807, 2.05) is 41.0 Å². The summed E-state index contributed by atoms with van der Waals surface area (Å²) in [7, 11) is 0. The van der Waals surface area contributed by atoms with Gasteiger partial charge in [0.1, 0.15) is 0 Å². The maximum atomic E-state index is 12.6. The van der Waals surface area contributed by atoms with Crippen LogP contribution in [0.5, 0.6) is 0 Å². The van der Waals surface area contributed by atoms with Crippen LogP contribution in [0.3, 0.4) is 0 Å². The molecule has 1 saturated carbocycles. The summed E-state index contributed by atoms with van der Waals surface area (Å²) in [5.74, 6) is 1.15. The Morgan fingerprint density at radius 3 is 2.57 bits per heavy atom. The van der Waals surface area contributed by atoms with Gasteiger partial charge in [-0.15, -0.1) is 0 Å². The van der Waals surface area contributed by atoms with Gasteiger partial charge in [0.05, 0.1) is 0 Å². The molecule has 1 aromatic carbocycles. The number of nitrogens with zero attached hydrogens (tertiary/aromatic N) is 2. The number of aryl methyl sites for hydroxylation is 1. The van der Waals surface area contributed by atoms with Crippen LogP contribution in [0.2, 0.25) is 0 Å². The lowest BCUT2D eigenvalue weighted by Crippen LogP contribution is -2.37. The second kappa shape index (κ2) is 7.16. The summed E-state index contributed by atoms with van der Waals surface area (Å²) in [6.45, 7) is 4.82. The summed E-state index contributed by atoms with van der Waals surface area (Å²) in [5, 5.41) is 0. The molecule has 1 saturated heterocycles. The highest BCUT2D eigenvalue weighted by Gasteiger charge is 2.25. The van der Waals surface area contributed by atoms with Gasteiger partial charge in [0.15, 0.2) is 0 Å². The molecule has 23 heavy (non-hydrogen) atoms. The summed E-state index contributed by atoms with van der Waals surface area (Å²) in [6.07, 6.45) is 5.18. The number of amides is 2. The van der Waals surface area contributed by atoms with Crippen LogP contribution in [0.15, 0.2) is 24.3 Å². The molecule has 1 aromatic rings. The minimum atomic E-state index is 0.0842. The van der Waals surface area contributed by atoms with Crippen LogP contribution in [0, 0.1) is 12.8 Å². The van der Waals surface area contributed by atoms with Crippen molar-refractivity contribution in [1.29, 1.82) is 0 Å². The first-order chi connectivity index (χ1) is 11.1. The minimum absolute atomic E-state index is 0.0842. The molecule has 0 aromatic heterocycles. The van der Waals surface area contributed by atoms with Crippen LogP contribution >= 0.6 is 0 Å². The van der Waals surface area contributed by atoms with Crippen LogP contribution in [0.25, 0.3) is 0 Å². The SMILES string of the molecule is Cc1cccc(C(=O)N2CCCN(C(=O)CCC3CC3)CC2)c1. The smallest absolute Gasteiger partial charge is 0.253 e. The second-order valence-corrected chi connectivity index (χ2v) is 6.88. The lowest BCUT2D eigenvalue weighted by Gasteiger charge is -2.22. The molecule has 0 bridgehead atoms. The van der Waals surface area contributed by atoms with Crippen molar-refractivity contribution < 1.29 is 9.59 Å². The second-order valence-electron chi connectivity index (χ2n) is 6.88. The quantitative estimate of drug-likeness (QED) is 0.857. The van der Waals surface area contributed by atoms with E-state index < -0.39 is 0 Å². The Labute approximate surface area is 138 Å². The number of rotatable bonds is 4. The van der Waals surface area contributed by atoms with E-state index in [4.69, 9.17) is 0 Å². The van der Waals surface area contributed by atoms with Crippen molar-refractivity contribution in [1.82, 2.24) is 9.80 Å². The number of carbonyl (C=O) groups excluding carboxylic acids is 2. The van der Waals surface area contributed by atoms with E-state index in [1.54, 1.807) is 0 Å². The monoisotopic (exact) mass is 314 g/mol. The summed E-state index contributed by atoms with van der Waals surface area (Å²) in [6, 6.07) is 7.73. The topological polar surface area (TPSA) is 40.6 Å². The van der Waals surface area contributed by atoms with Crippen molar-refractivity contribution in [2.75, 3.05) is 26.2 Å². The molecule has 1 heterocycles. The van der Waals surface area contributed by atoms with Gasteiger partial charge >= 0.3 is 0 Å². The van der Waals surface area contributed by atoms with Gasteiger partial charge in [-0.2, -0.15) is 0 Å². The summed E-state index contributed by atoms with van der Waals surface area (Å²) in [5.41, 5.74) is 1.85. The van der Waals surface area contributed by atoms with Gasteiger partial charge in [0, 0.05) is 38.2 Å². The Morgan fingerprint density at radius 1 is 1.09 bits per heavy atom. The van der Waals surface area contributed by atoms with E-state index >= 15 is 0 Å². The Balaban J connectivity index is 1.55. The van der Waals surface area contributed by atoms with E-state index in [0.29, 0.717) is 19.5 Å². The fourth-order valence-corrected chi connectivity index (χ4v) is 3.22. The summed E-state index contributed by atoms with van der Waals surface area (Å²) < 4.78 is 0. The zero-order valence-electron chi connectivity index (χ0n) is 14.0. The molecule has 2 amide bonds. The Kier molecular flexibility index (Phi) is 4.99. The van der Waals surface area contributed by atoms with Crippen LogP contribution in [-0.2, 0) is 4.79 Å². The number of hydrogen-bond donors (Lipinski definition) is 0. The van der Waals surface area contributed by atoms with E-state index in [1.165, 1.54) is 12.8 Å². The first-order valence-electron chi connectivity index (χ1n) is 8.77. The predicted octanol–water partition coefficient (Wildman–Crippen LogP) is 2.86. The first-order valence-corrected chi connectivity index (χ1v) is 8.77. The zero-order chi connectivity index (χ0) is 16.2. The van der Waals surface area contributed by atoms with Gasteiger partial charge in [0.2, 0.25) is 5.91 Å². The molecule has 2 fully saturated rings. The van der Waals surface area contributed by atoms with Crippen molar-refractivity contribution in [3.8, 4) is 0 Å². The van der Waals surface area contributed by atoms with Crippen LogP contribution in [0.1, 0.15) is 48.0 Å². The fraction of sp³-hybridized carbons (Fsp3) is 0.579. The molecule has 1 aliphatic heterocycles. The number of hydrogen-bond acceptors (Lipinski definition) is 2. The largest absolute Gasteiger partial charge is 0.341 e. The molecule has 1 aliphatic carbocycles. The molecular formula is C19H26N2O2. The highest BCUT2D eigenvalue weighted by Crippen LogP contribution is 2.33. The molecule has 0 radical (unpaired) electrons. The molecule has 0 spiro atoms. The third-order valence-corrected chi connectivity index (χ3v) is 4.86. The average Bonchev–Trinajstić information content (AvgIpc) is 3.38. The lowest BCUT2D eigenvalue weighted by atomic mass is 10.1. The standard InChI is InChI=1S/C19H26N2O2/c1-15-4-2-5-17(14-15)19(23)21-11-3-10-20(12-13-21)18(22)9-8-16-6-7-16/h2,4-5,14,16H,3,6-13H2,1H3. The molecule has 0 N–H and O–H groups in total. The van der Waals surface area contributed by atoms with Crippen molar-refractivity contribution in [2.24, 2.45) is 5.92 Å². The van der Waals surface area contributed by atoms with Gasteiger partial charge in [0.25, 0.3) is 5.91 Å².